The van der Waals surface area contributed by atoms with Crippen LogP contribution in [0.2, 0.25) is 0 Å². The monoisotopic (exact) mass is 337 g/mol. The molecule has 1 atom stereocenters. The van der Waals surface area contributed by atoms with Crippen LogP contribution in [-0.4, -0.2) is 57.0 Å². The standard InChI is InChI=1S/C17H23NO4S/c1-22-9-8-18(16-7-10-23(20,21)12-16)17(19)15-6-5-13-3-2-4-14(13)11-15/h5-6,11,16H,2-4,7-10,12H2,1H3. The summed E-state index contributed by atoms with van der Waals surface area (Å²) in [5.41, 5.74) is 3.24. The van der Waals surface area contributed by atoms with Crippen molar-refractivity contribution >= 4 is 15.7 Å². The fraction of sp³-hybridized carbons (Fsp3) is 0.588. The third kappa shape index (κ3) is 3.58. The summed E-state index contributed by atoms with van der Waals surface area (Å²) < 4.78 is 28.6. The van der Waals surface area contributed by atoms with Gasteiger partial charge in [0.25, 0.3) is 5.91 Å². The fourth-order valence-electron chi connectivity index (χ4n) is 3.53. The first-order valence-electron chi connectivity index (χ1n) is 8.12. The van der Waals surface area contributed by atoms with Gasteiger partial charge in [0.05, 0.1) is 18.1 Å². The molecular formula is C17H23NO4S. The van der Waals surface area contributed by atoms with Gasteiger partial charge in [0.15, 0.2) is 9.84 Å². The molecule has 1 aliphatic heterocycles. The molecule has 1 saturated heterocycles. The number of sulfone groups is 1. The molecule has 0 aromatic heterocycles. The van der Waals surface area contributed by atoms with Gasteiger partial charge >= 0.3 is 0 Å². The van der Waals surface area contributed by atoms with Crippen LogP contribution in [0.3, 0.4) is 0 Å². The summed E-state index contributed by atoms with van der Waals surface area (Å²) in [7, 11) is -1.44. The maximum absolute atomic E-state index is 12.9. The minimum atomic E-state index is -3.03. The van der Waals surface area contributed by atoms with E-state index in [1.54, 1.807) is 12.0 Å². The van der Waals surface area contributed by atoms with Crippen molar-refractivity contribution in [2.75, 3.05) is 31.8 Å². The lowest BCUT2D eigenvalue weighted by Crippen LogP contribution is -2.43. The van der Waals surface area contributed by atoms with E-state index < -0.39 is 9.84 Å². The van der Waals surface area contributed by atoms with Gasteiger partial charge in [-0.2, -0.15) is 0 Å². The van der Waals surface area contributed by atoms with Crippen molar-refractivity contribution < 1.29 is 17.9 Å². The molecule has 1 aromatic carbocycles. The van der Waals surface area contributed by atoms with Crippen molar-refractivity contribution in [3.8, 4) is 0 Å². The smallest absolute Gasteiger partial charge is 0.254 e. The summed E-state index contributed by atoms with van der Waals surface area (Å²) >= 11 is 0. The summed E-state index contributed by atoms with van der Waals surface area (Å²) in [6.45, 7) is 0.833. The van der Waals surface area contributed by atoms with Gasteiger partial charge < -0.3 is 9.64 Å². The number of nitrogens with zero attached hydrogens (tertiary/aromatic N) is 1. The highest BCUT2D eigenvalue weighted by Gasteiger charge is 2.35. The van der Waals surface area contributed by atoms with Gasteiger partial charge in [-0.3, -0.25) is 4.79 Å². The minimum absolute atomic E-state index is 0.0629. The number of fused-ring (bicyclic) bond motifs is 1. The quantitative estimate of drug-likeness (QED) is 0.816. The maximum Gasteiger partial charge on any atom is 0.254 e. The number of hydrogen-bond donors (Lipinski definition) is 0. The van der Waals surface area contributed by atoms with Crippen LogP contribution in [0.15, 0.2) is 18.2 Å². The number of methoxy groups -OCH3 is 1. The Morgan fingerprint density at radius 1 is 1.30 bits per heavy atom. The van der Waals surface area contributed by atoms with Gasteiger partial charge in [0.2, 0.25) is 0 Å². The Morgan fingerprint density at radius 3 is 2.78 bits per heavy atom. The van der Waals surface area contributed by atoms with Crippen molar-refractivity contribution in [1.82, 2.24) is 4.90 Å². The Bertz CT molecular complexity index is 699. The van der Waals surface area contributed by atoms with Gasteiger partial charge in [-0.05, 0) is 48.9 Å². The Labute approximate surface area is 137 Å². The van der Waals surface area contributed by atoms with E-state index in [0.29, 0.717) is 25.1 Å². The average Bonchev–Trinajstić information content (AvgIpc) is 3.12. The van der Waals surface area contributed by atoms with Crippen molar-refractivity contribution in [2.45, 2.75) is 31.7 Å². The molecule has 1 aromatic rings. The predicted octanol–water partition coefficient (Wildman–Crippen LogP) is 1.45. The zero-order valence-corrected chi connectivity index (χ0v) is 14.3. The number of carbonyl (C=O) groups excluding carboxylic acids is 1. The van der Waals surface area contributed by atoms with Gasteiger partial charge in [0, 0.05) is 25.3 Å². The van der Waals surface area contributed by atoms with Crippen molar-refractivity contribution in [1.29, 1.82) is 0 Å². The van der Waals surface area contributed by atoms with Crippen LogP contribution in [0.25, 0.3) is 0 Å². The van der Waals surface area contributed by atoms with Crippen LogP contribution in [0.5, 0.6) is 0 Å². The summed E-state index contributed by atoms with van der Waals surface area (Å²) in [5.74, 6) is 0.144. The lowest BCUT2D eigenvalue weighted by atomic mass is 10.0. The first-order valence-corrected chi connectivity index (χ1v) is 9.94. The second kappa shape index (κ2) is 6.61. The molecule has 1 amide bonds. The summed E-state index contributed by atoms with van der Waals surface area (Å²) in [6, 6.07) is 5.65. The number of ether oxygens (including phenoxy) is 1. The molecule has 1 aliphatic carbocycles. The molecule has 23 heavy (non-hydrogen) atoms. The number of aryl methyl sites for hydroxylation is 2. The second-order valence-electron chi connectivity index (χ2n) is 6.39. The lowest BCUT2D eigenvalue weighted by Gasteiger charge is -2.28. The van der Waals surface area contributed by atoms with E-state index in [0.717, 1.165) is 19.3 Å². The van der Waals surface area contributed by atoms with Crippen LogP contribution in [0, 0.1) is 0 Å². The topological polar surface area (TPSA) is 63.7 Å². The highest BCUT2D eigenvalue weighted by Crippen LogP contribution is 2.25. The van der Waals surface area contributed by atoms with Crippen molar-refractivity contribution in [3.63, 3.8) is 0 Å². The number of amides is 1. The molecule has 3 rings (SSSR count). The number of benzene rings is 1. The van der Waals surface area contributed by atoms with Gasteiger partial charge in [0.1, 0.15) is 0 Å². The summed E-state index contributed by atoms with van der Waals surface area (Å²) in [5, 5.41) is 0. The van der Waals surface area contributed by atoms with Gasteiger partial charge in [-0.25, -0.2) is 8.42 Å². The van der Waals surface area contributed by atoms with E-state index >= 15 is 0 Å². The van der Waals surface area contributed by atoms with Gasteiger partial charge in [-0.1, -0.05) is 6.07 Å². The SMILES string of the molecule is COCCN(C(=O)c1ccc2c(c1)CCC2)C1CCS(=O)(=O)C1. The third-order valence-electron chi connectivity index (χ3n) is 4.79. The molecule has 0 spiro atoms. The molecule has 0 N–H and O–H groups in total. The van der Waals surface area contributed by atoms with Crippen LogP contribution < -0.4 is 0 Å². The second-order valence-corrected chi connectivity index (χ2v) is 8.61. The molecule has 1 fully saturated rings. The highest BCUT2D eigenvalue weighted by molar-refractivity contribution is 7.91. The number of rotatable bonds is 5. The van der Waals surface area contributed by atoms with Gasteiger partial charge in [-0.15, -0.1) is 0 Å². The van der Waals surface area contributed by atoms with E-state index in [-0.39, 0.29) is 23.5 Å². The molecule has 126 valence electrons. The Kier molecular flexibility index (Phi) is 4.73. The van der Waals surface area contributed by atoms with E-state index in [1.165, 1.54) is 11.1 Å². The first kappa shape index (κ1) is 16.5. The predicted molar refractivity (Wildman–Crippen MR) is 88.4 cm³/mol. The molecule has 5 nitrogen and oxygen atoms in total. The molecule has 6 heteroatoms. The van der Waals surface area contributed by atoms with E-state index in [2.05, 4.69) is 0 Å². The highest BCUT2D eigenvalue weighted by atomic mass is 32.2. The fourth-order valence-corrected chi connectivity index (χ4v) is 5.26. The van der Waals surface area contributed by atoms with Crippen LogP contribution in [-0.2, 0) is 27.4 Å². The molecule has 0 radical (unpaired) electrons. The van der Waals surface area contributed by atoms with Crippen molar-refractivity contribution in [3.05, 3.63) is 34.9 Å². The van der Waals surface area contributed by atoms with Crippen molar-refractivity contribution in [2.24, 2.45) is 0 Å². The molecule has 1 heterocycles. The average molecular weight is 337 g/mol. The van der Waals surface area contributed by atoms with E-state index in [4.69, 9.17) is 4.74 Å². The molecule has 0 saturated carbocycles. The van der Waals surface area contributed by atoms with E-state index in [1.807, 2.05) is 18.2 Å². The van der Waals surface area contributed by atoms with E-state index in [9.17, 15) is 13.2 Å². The van der Waals surface area contributed by atoms with Crippen LogP contribution in [0.1, 0.15) is 34.3 Å². The normalized spacial score (nSPS) is 22.0. The molecule has 0 bridgehead atoms. The van der Waals surface area contributed by atoms with Crippen LogP contribution in [0.4, 0.5) is 0 Å². The number of hydrogen-bond acceptors (Lipinski definition) is 4. The Morgan fingerprint density at radius 2 is 2.09 bits per heavy atom. The largest absolute Gasteiger partial charge is 0.383 e. The zero-order valence-electron chi connectivity index (χ0n) is 13.5. The lowest BCUT2D eigenvalue weighted by molar-refractivity contribution is 0.0624. The summed E-state index contributed by atoms with van der Waals surface area (Å²) in [4.78, 5) is 14.6. The van der Waals surface area contributed by atoms with Crippen LogP contribution >= 0.6 is 0 Å². The maximum atomic E-state index is 12.9. The number of carbonyl (C=O) groups is 1. The Balaban J connectivity index is 1.82. The third-order valence-corrected chi connectivity index (χ3v) is 6.54. The molecular weight excluding hydrogens is 314 g/mol. The summed E-state index contributed by atoms with van der Waals surface area (Å²) in [6.07, 6.45) is 3.76. The Hall–Kier alpha value is -1.40. The first-order chi connectivity index (χ1) is 11.0. The molecule has 1 unspecified atom stereocenters. The zero-order chi connectivity index (χ0) is 16.4. The minimum Gasteiger partial charge on any atom is -0.383 e. The molecule has 2 aliphatic rings.